The van der Waals surface area contributed by atoms with Crippen molar-refractivity contribution >= 4 is 11.7 Å². The number of carbonyl (C=O) groups excluding carboxylic acids is 2. The number of rotatable bonds is 10. The van der Waals surface area contributed by atoms with E-state index in [2.05, 4.69) is 10.2 Å². The Morgan fingerprint density at radius 1 is 1.07 bits per heavy atom. The summed E-state index contributed by atoms with van der Waals surface area (Å²) >= 11 is 0. The van der Waals surface area contributed by atoms with Crippen molar-refractivity contribution in [2.75, 3.05) is 13.7 Å². The number of carbonyl (C=O) groups is 2. The van der Waals surface area contributed by atoms with Gasteiger partial charge in [0.1, 0.15) is 5.75 Å². The second-order valence-electron chi connectivity index (χ2n) is 7.40. The Labute approximate surface area is 166 Å². The third-order valence-electron chi connectivity index (χ3n) is 5.06. The Bertz CT molecular complexity index is 785. The molecule has 0 aromatic heterocycles. The minimum absolute atomic E-state index is 0.0228. The molecule has 28 heavy (non-hydrogen) atoms. The number of nitrogens with one attached hydrogen (secondary N) is 1. The van der Waals surface area contributed by atoms with E-state index in [4.69, 9.17) is 4.74 Å². The number of ketones is 1. The Hall–Kier alpha value is -2.66. The average Bonchev–Trinajstić information content (AvgIpc) is 3.53. The lowest BCUT2D eigenvalue weighted by Crippen LogP contribution is -2.46. The van der Waals surface area contributed by atoms with E-state index in [0.717, 1.165) is 29.7 Å². The van der Waals surface area contributed by atoms with Crippen molar-refractivity contribution in [2.45, 2.75) is 44.8 Å². The smallest absolute Gasteiger partial charge is 0.234 e. The molecule has 1 aliphatic carbocycles. The van der Waals surface area contributed by atoms with Crippen LogP contribution in [0.15, 0.2) is 54.6 Å². The first-order chi connectivity index (χ1) is 13.5. The van der Waals surface area contributed by atoms with E-state index < -0.39 is 6.04 Å². The molecule has 148 valence electrons. The number of hydrogen-bond donors (Lipinski definition) is 1. The number of ether oxygens (including phenoxy) is 1. The van der Waals surface area contributed by atoms with Gasteiger partial charge in [-0.3, -0.25) is 14.5 Å². The van der Waals surface area contributed by atoms with Gasteiger partial charge in [0.05, 0.1) is 19.7 Å². The summed E-state index contributed by atoms with van der Waals surface area (Å²) in [6.07, 6.45) is 2.75. The fourth-order valence-corrected chi connectivity index (χ4v) is 3.29. The molecule has 0 bridgehead atoms. The quantitative estimate of drug-likeness (QED) is 0.688. The van der Waals surface area contributed by atoms with Gasteiger partial charge in [-0.2, -0.15) is 0 Å². The third kappa shape index (κ3) is 5.92. The summed E-state index contributed by atoms with van der Waals surface area (Å²) in [6, 6.07) is 17.7. The molecule has 0 heterocycles. The highest BCUT2D eigenvalue weighted by atomic mass is 16.5. The highest BCUT2D eigenvalue weighted by Gasteiger charge is 2.31. The van der Waals surface area contributed by atoms with Crippen LogP contribution in [-0.2, 0) is 22.6 Å². The van der Waals surface area contributed by atoms with E-state index in [9.17, 15) is 9.59 Å². The van der Waals surface area contributed by atoms with E-state index in [1.54, 1.807) is 7.11 Å². The van der Waals surface area contributed by atoms with Crippen LogP contribution in [0.2, 0.25) is 0 Å². The first-order valence-corrected chi connectivity index (χ1v) is 9.76. The molecule has 1 atom stereocenters. The van der Waals surface area contributed by atoms with Gasteiger partial charge in [0.2, 0.25) is 5.91 Å². The normalized spacial score (nSPS) is 14.5. The predicted molar refractivity (Wildman–Crippen MR) is 109 cm³/mol. The van der Waals surface area contributed by atoms with Crippen molar-refractivity contribution in [1.82, 2.24) is 10.2 Å². The Balaban J connectivity index is 1.58. The molecule has 1 aliphatic rings. The molecule has 5 nitrogen and oxygen atoms in total. The maximum absolute atomic E-state index is 12.7. The fourth-order valence-electron chi connectivity index (χ4n) is 3.29. The molecule has 0 unspecified atom stereocenters. The van der Waals surface area contributed by atoms with Crippen LogP contribution in [0.3, 0.4) is 0 Å². The molecule has 0 saturated heterocycles. The molecule has 3 rings (SSSR count). The minimum Gasteiger partial charge on any atom is -0.497 e. The molecular formula is C23H28N2O3. The van der Waals surface area contributed by atoms with Crippen molar-refractivity contribution in [3.8, 4) is 5.75 Å². The van der Waals surface area contributed by atoms with Gasteiger partial charge in [-0.05, 0) is 49.4 Å². The van der Waals surface area contributed by atoms with Crippen LogP contribution in [0.4, 0.5) is 0 Å². The topological polar surface area (TPSA) is 58.6 Å². The van der Waals surface area contributed by atoms with E-state index in [0.29, 0.717) is 25.6 Å². The molecule has 2 aromatic rings. The van der Waals surface area contributed by atoms with Gasteiger partial charge in [0.15, 0.2) is 5.78 Å². The van der Waals surface area contributed by atoms with Gasteiger partial charge >= 0.3 is 0 Å². The molecular weight excluding hydrogens is 352 g/mol. The molecule has 1 amide bonds. The number of benzene rings is 2. The van der Waals surface area contributed by atoms with Crippen molar-refractivity contribution in [1.29, 1.82) is 0 Å². The lowest BCUT2D eigenvalue weighted by molar-refractivity contribution is -0.127. The molecule has 0 spiro atoms. The van der Waals surface area contributed by atoms with Crippen molar-refractivity contribution < 1.29 is 14.3 Å². The predicted octanol–water partition coefficient (Wildman–Crippen LogP) is 2.98. The zero-order valence-electron chi connectivity index (χ0n) is 16.6. The van der Waals surface area contributed by atoms with Gasteiger partial charge in [-0.1, -0.05) is 42.5 Å². The molecule has 2 aromatic carbocycles. The van der Waals surface area contributed by atoms with Gasteiger partial charge in [0, 0.05) is 12.6 Å². The standard InChI is InChI=1S/C23H28N2O3/c1-17(26)22(14-18-6-4-3-5-7-18)24-23(27)16-25(20-10-11-20)15-19-8-12-21(28-2)13-9-19/h3-9,12-13,20,22H,10-11,14-16H2,1-2H3,(H,24,27)/t22-/m0/s1. The Morgan fingerprint density at radius 3 is 2.32 bits per heavy atom. The lowest BCUT2D eigenvalue weighted by atomic mass is 10.0. The zero-order valence-corrected chi connectivity index (χ0v) is 16.6. The Kier molecular flexibility index (Phi) is 6.82. The highest BCUT2D eigenvalue weighted by Crippen LogP contribution is 2.28. The number of amides is 1. The maximum atomic E-state index is 12.7. The zero-order chi connectivity index (χ0) is 19.9. The first kappa shape index (κ1) is 20.1. The van der Waals surface area contributed by atoms with Crippen LogP contribution >= 0.6 is 0 Å². The van der Waals surface area contributed by atoms with Gasteiger partial charge in [-0.15, -0.1) is 0 Å². The lowest BCUT2D eigenvalue weighted by Gasteiger charge is -2.23. The summed E-state index contributed by atoms with van der Waals surface area (Å²) in [5, 5.41) is 2.93. The summed E-state index contributed by atoms with van der Waals surface area (Å²) in [5.74, 6) is 0.701. The van der Waals surface area contributed by atoms with Crippen LogP contribution in [0.5, 0.6) is 5.75 Å². The van der Waals surface area contributed by atoms with Gasteiger partial charge in [-0.25, -0.2) is 0 Å². The molecule has 1 fully saturated rings. The molecule has 5 heteroatoms. The second-order valence-corrected chi connectivity index (χ2v) is 7.40. The highest BCUT2D eigenvalue weighted by molar-refractivity contribution is 5.88. The third-order valence-corrected chi connectivity index (χ3v) is 5.06. The van der Waals surface area contributed by atoms with E-state index in [1.807, 2.05) is 54.6 Å². The van der Waals surface area contributed by atoms with Crippen LogP contribution in [-0.4, -0.2) is 42.3 Å². The minimum atomic E-state index is -0.489. The number of methoxy groups -OCH3 is 1. The molecule has 1 saturated carbocycles. The van der Waals surface area contributed by atoms with Gasteiger partial charge < -0.3 is 10.1 Å². The SMILES string of the molecule is COc1ccc(CN(CC(=O)N[C@@H](Cc2ccccc2)C(C)=O)C2CC2)cc1. The Morgan fingerprint density at radius 2 is 1.75 bits per heavy atom. The van der Waals surface area contributed by atoms with Crippen LogP contribution in [0.25, 0.3) is 0 Å². The number of hydrogen-bond acceptors (Lipinski definition) is 4. The van der Waals surface area contributed by atoms with E-state index in [-0.39, 0.29) is 11.7 Å². The van der Waals surface area contributed by atoms with Crippen molar-refractivity contribution in [3.63, 3.8) is 0 Å². The first-order valence-electron chi connectivity index (χ1n) is 9.76. The second kappa shape index (κ2) is 9.51. The number of Topliss-reactive ketones (excluding diaryl/α,β-unsaturated/α-hetero) is 1. The summed E-state index contributed by atoms with van der Waals surface area (Å²) in [5.41, 5.74) is 2.19. The maximum Gasteiger partial charge on any atom is 0.234 e. The van der Waals surface area contributed by atoms with Crippen molar-refractivity contribution in [3.05, 3.63) is 65.7 Å². The monoisotopic (exact) mass is 380 g/mol. The van der Waals surface area contributed by atoms with Crippen molar-refractivity contribution in [2.24, 2.45) is 0 Å². The van der Waals surface area contributed by atoms with Crippen LogP contribution in [0, 0.1) is 0 Å². The molecule has 1 N–H and O–H groups in total. The largest absolute Gasteiger partial charge is 0.497 e. The summed E-state index contributed by atoms with van der Waals surface area (Å²) in [4.78, 5) is 26.9. The summed E-state index contributed by atoms with van der Waals surface area (Å²) in [6.45, 7) is 2.55. The summed E-state index contributed by atoms with van der Waals surface area (Å²) < 4.78 is 5.20. The number of nitrogens with zero attached hydrogens (tertiary/aromatic N) is 1. The fraction of sp³-hybridized carbons (Fsp3) is 0.391. The molecule has 0 radical (unpaired) electrons. The van der Waals surface area contributed by atoms with E-state index >= 15 is 0 Å². The van der Waals surface area contributed by atoms with Crippen LogP contribution < -0.4 is 10.1 Å². The molecule has 0 aliphatic heterocycles. The van der Waals surface area contributed by atoms with Gasteiger partial charge in [0.25, 0.3) is 0 Å². The van der Waals surface area contributed by atoms with E-state index in [1.165, 1.54) is 6.92 Å². The van der Waals surface area contributed by atoms with Crippen LogP contribution in [0.1, 0.15) is 30.9 Å². The summed E-state index contributed by atoms with van der Waals surface area (Å²) in [7, 11) is 1.65. The average molecular weight is 380 g/mol.